The third-order valence-corrected chi connectivity index (χ3v) is 13.4. The van der Waals surface area contributed by atoms with E-state index in [1.807, 2.05) is 24.8 Å². The van der Waals surface area contributed by atoms with Gasteiger partial charge in [0.1, 0.15) is 24.5 Å². The number of rotatable bonds is 19. The number of aliphatic carboxylic acids is 1. The Morgan fingerprint density at radius 1 is 0.849 bits per heavy atom. The maximum atomic E-state index is 14.2. The molecule has 11 nitrogen and oxygen atoms in total. The Kier molecular flexibility index (Phi) is 14.0. The van der Waals surface area contributed by atoms with Gasteiger partial charge in [-0.05, 0) is 149 Å². The molecule has 53 heavy (non-hydrogen) atoms. The van der Waals surface area contributed by atoms with E-state index in [4.69, 9.17) is 18.9 Å². The molecular weight excluding hydrogens is 697 g/mol. The van der Waals surface area contributed by atoms with Gasteiger partial charge < -0.3 is 24.1 Å². The molecule has 0 aromatic rings. The number of hydrogen-bond acceptors (Lipinski definition) is 10. The van der Waals surface area contributed by atoms with Gasteiger partial charge in [0.05, 0.1) is 35.3 Å². The van der Waals surface area contributed by atoms with Crippen LogP contribution in [0.3, 0.4) is 0 Å². The molecule has 8 unspecified atom stereocenters. The molecule has 8 atom stereocenters. The van der Waals surface area contributed by atoms with Crippen molar-refractivity contribution in [1.82, 2.24) is 0 Å². The van der Waals surface area contributed by atoms with Gasteiger partial charge in [0.15, 0.2) is 6.54 Å². The summed E-state index contributed by atoms with van der Waals surface area (Å²) >= 11 is 1.67. The minimum absolute atomic E-state index is 0.0104. The zero-order valence-electron chi connectivity index (χ0n) is 34.1. The Morgan fingerprint density at radius 3 is 2.15 bits per heavy atom. The first-order valence-electron chi connectivity index (χ1n) is 19.8. The van der Waals surface area contributed by atoms with Gasteiger partial charge in [0.25, 0.3) is 0 Å². The SMILES string of the molecule is CCC(C)(CC(C)(CC(C)(CC(C)(C)C(=O)OC1CC2CC1C1CCCC21)C(=O)OCCOCCCSC1=NCC=[N+]1C)C(=O)O)C(=O)OC(C)(C)C. The largest absolute Gasteiger partial charge is 0.481 e. The number of carbonyl (C=O) groups excluding carboxylic acids is 3. The fraction of sp³-hybridized carbons (Fsp3) is 0.854. The van der Waals surface area contributed by atoms with Crippen LogP contribution in [0, 0.1) is 45.3 Å². The smallest absolute Gasteiger partial charge is 0.353 e. The van der Waals surface area contributed by atoms with Crippen LogP contribution in [0.5, 0.6) is 0 Å². The summed E-state index contributed by atoms with van der Waals surface area (Å²) in [5.74, 6) is 0.653. The van der Waals surface area contributed by atoms with Gasteiger partial charge in [-0.2, -0.15) is 0 Å². The van der Waals surface area contributed by atoms with E-state index in [-0.39, 0.29) is 44.5 Å². The summed E-state index contributed by atoms with van der Waals surface area (Å²) in [6.07, 6.45) is 8.59. The molecule has 4 rings (SSSR count). The van der Waals surface area contributed by atoms with E-state index >= 15 is 0 Å². The Balaban J connectivity index is 1.46. The molecule has 0 spiro atoms. The van der Waals surface area contributed by atoms with Crippen LogP contribution in [0.15, 0.2) is 4.99 Å². The van der Waals surface area contributed by atoms with Crippen LogP contribution >= 0.6 is 11.8 Å². The number of ether oxygens (including phenoxy) is 4. The van der Waals surface area contributed by atoms with Crippen molar-refractivity contribution in [2.45, 2.75) is 138 Å². The molecule has 0 radical (unpaired) electrons. The van der Waals surface area contributed by atoms with Crippen LogP contribution in [-0.2, 0) is 38.1 Å². The zero-order valence-corrected chi connectivity index (χ0v) is 34.9. The average Bonchev–Trinajstić information content (AvgIpc) is 3.85. The second kappa shape index (κ2) is 17.1. The number of hydrogen-bond donors (Lipinski definition) is 1. The third kappa shape index (κ3) is 10.6. The Hall–Kier alpha value is -2.47. The molecule has 0 aromatic heterocycles. The highest BCUT2D eigenvalue weighted by Gasteiger charge is 2.57. The number of nitrogens with zero attached hydrogens (tertiary/aromatic N) is 2. The van der Waals surface area contributed by atoms with E-state index in [0.717, 1.165) is 36.1 Å². The van der Waals surface area contributed by atoms with Gasteiger partial charge in [-0.25, -0.2) is 4.58 Å². The second-order valence-corrected chi connectivity index (χ2v) is 19.8. The number of aliphatic imine (C=N–C) groups is 1. The maximum Gasteiger partial charge on any atom is 0.353 e. The quantitative estimate of drug-likeness (QED) is 0.0623. The molecule has 1 N–H and O–H groups in total. The van der Waals surface area contributed by atoms with Crippen molar-refractivity contribution in [2.75, 3.05) is 39.2 Å². The molecule has 3 saturated carbocycles. The van der Waals surface area contributed by atoms with Crippen LogP contribution in [0.1, 0.15) is 127 Å². The predicted molar refractivity (Wildman–Crippen MR) is 206 cm³/mol. The summed E-state index contributed by atoms with van der Waals surface area (Å²) in [6.45, 7) is 17.1. The van der Waals surface area contributed by atoms with Crippen molar-refractivity contribution in [2.24, 2.45) is 50.3 Å². The lowest BCUT2D eigenvalue weighted by molar-refractivity contribution is -0.355. The number of amidine groups is 1. The van der Waals surface area contributed by atoms with Crippen molar-refractivity contribution >= 4 is 47.0 Å². The average molecular weight is 764 g/mol. The fourth-order valence-electron chi connectivity index (χ4n) is 9.74. The second-order valence-electron chi connectivity index (χ2n) is 18.7. The Morgan fingerprint density at radius 2 is 1.53 bits per heavy atom. The monoisotopic (exact) mass is 763 g/mol. The lowest BCUT2D eigenvalue weighted by Gasteiger charge is -2.42. The normalized spacial score (nSPS) is 27.2. The van der Waals surface area contributed by atoms with Crippen molar-refractivity contribution in [1.29, 1.82) is 0 Å². The van der Waals surface area contributed by atoms with Crippen LogP contribution in [0.2, 0.25) is 0 Å². The zero-order chi connectivity index (χ0) is 39.4. The number of carboxylic acid groups (broad SMARTS) is 1. The van der Waals surface area contributed by atoms with Crippen molar-refractivity contribution in [3.63, 3.8) is 0 Å². The standard InChI is InChI=1S/C41H66N2O9S/c1-11-39(7,35(48)52-37(2,3)4)25-40(8,32(44)45)26-41(9,34(47)50-20-19-49-18-13-21-53-36-42-16-17-43(36)10)24-38(5,6)33(46)51-31-23-27-22-30(31)29-15-12-14-28(27)29/h17,27-31H,11-16,18-26H2,1-10H3/p+1. The first-order chi connectivity index (χ1) is 24.6. The summed E-state index contributed by atoms with van der Waals surface area (Å²) in [7, 11) is 1.98. The number of esters is 3. The minimum atomic E-state index is -1.54. The molecule has 0 aromatic carbocycles. The molecule has 3 fully saturated rings. The number of fused-ring (bicyclic) bond motifs is 5. The van der Waals surface area contributed by atoms with Gasteiger partial charge in [0, 0.05) is 12.4 Å². The summed E-state index contributed by atoms with van der Waals surface area (Å²) in [4.78, 5) is 59.2. The van der Waals surface area contributed by atoms with Crippen LogP contribution < -0.4 is 0 Å². The third-order valence-electron chi connectivity index (χ3n) is 12.3. The van der Waals surface area contributed by atoms with Gasteiger partial charge >= 0.3 is 29.0 Å². The highest BCUT2D eigenvalue weighted by molar-refractivity contribution is 8.13. The highest BCUT2D eigenvalue weighted by Crippen LogP contribution is 2.60. The number of carboxylic acids is 1. The molecule has 12 heteroatoms. The summed E-state index contributed by atoms with van der Waals surface area (Å²) < 4.78 is 25.6. The van der Waals surface area contributed by atoms with Gasteiger partial charge in [-0.1, -0.05) is 18.3 Å². The highest BCUT2D eigenvalue weighted by atomic mass is 32.2. The van der Waals surface area contributed by atoms with E-state index in [0.29, 0.717) is 37.3 Å². The molecule has 3 aliphatic carbocycles. The van der Waals surface area contributed by atoms with Crippen LogP contribution in [0.25, 0.3) is 0 Å². The molecule has 300 valence electrons. The van der Waals surface area contributed by atoms with Crippen molar-refractivity contribution in [3.05, 3.63) is 0 Å². The lowest BCUT2D eigenvalue weighted by atomic mass is 9.61. The number of carbonyl (C=O) groups is 4. The topological polar surface area (TPSA) is 141 Å². The molecule has 0 amide bonds. The molecular formula is C41H67N2O9S+. The van der Waals surface area contributed by atoms with Gasteiger partial charge in [-0.3, -0.25) is 19.2 Å². The summed E-state index contributed by atoms with van der Waals surface area (Å²) in [5, 5.41) is 11.7. The van der Waals surface area contributed by atoms with Crippen LogP contribution in [0.4, 0.5) is 0 Å². The van der Waals surface area contributed by atoms with E-state index in [1.54, 1.807) is 67.2 Å². The van der Waals surface area contributed by atoms with Gasteiger partial charge in [-0.15, -0.1) is 0 Å². The first kappa shape index (κ1) is 43.3. The summed E-state index contributed by atoms with van der Waals surface area (Å²) in [5.41, 5.74) is -5.96. The van der Waals surface area contributed by atoms with Crippen molar-refractivity contribution in [3.8, 4) is 0 Å². The molecule has 4 aliphatic rings. The van der Waals surface area contributed by atoms with E-state index < -0.39 is 45.2 Å². The van der Waals surface area contributed by atoms with Gasteiger partial charge in [0.2, 0.25) is 0 Å². The molecule has 2 bridgehead atoms. The molecule has 1 heterocycles. The maximum absolute atomic E-state index is 14.2. The van der Waals surface area contributed by atoms with Crippen molar-refractivity contribution < 1.29 is 47.8 Å². The fourth-order valence-corrected chi connectivity index (χ4v) is 10.6. The van der Waals surface area contributed by atoms with E-state index in [1.165, 1.54) is 19.3 Å². The molecule has 1 aliphatic heterocycles. The van der Waals surface area contributed by atoms with Crippen LogP contribution in [-0.4, -0.2) is 95.8 Å². The summed E-state index contributed by atoms with van der Waals surface area (Å²) in [6, 6.07) is 0. The Bertz CT molecular complexity index is 1420. The van der Waals surface area contributed by atoms with E-state index in [9.17, 15) is 24.3 Å². The van der Waals surface area contributed by atoms with E-state index in [2.05, 4.69) is 4.99 Å². The molecule has 0 saturated heterocycles. The lowest BCUT2D eigenvalue weighted by Crippen LogP contribution is -2.47. The predicted octanol–water partition coefficient (Wildman–Crippen LogP) is 7.17. The Labute approximate surface area is 321 Å². The number of thioether (sulfide) groups is 1. The first-order valence-corrected chi connectivity index (χ1v) is 20.8. The minimum Gasteiger partial charge on any atom is -0.481 e.